The summed E-state index contributed by atoms with van der Waals surface area (Å²) in [6, 6.07) is 10.7. The van der Waals surface area contributed by atoms with Crippen LogP contribution >= 0.6 is 11.3 Å². The fourth-order valence-electron chi connectivity index (χ4n) is 5.54. The molecule has 0 unspecified atom stereocenters. The lowest BCUT2D eigenvalue weighted by Crippen LogP contribution is -2.26. The first-order valence-electron chi connectivity index (χ1n) is 12.6. The van der Waals surface area contributed by atoms with E-state index in [1.54, 1.807) is 6.20 Å². The molecule has 1 aromatic carbocycles. The summed E-state index contributed by atoms with van der Waals surface area (Å²) < 4.78 is 1.92. The molecule has 180 valence electrons. The summed E-state index contributed by atoms with van der Waals surface area (Å²) in [7, 11) is 0. The van der Waals surface area contributed by atoms with E-state index in [4.69, 9.17) is 9.97 Å². The van der Waals surface area contributed by atoms with Crippen LogP contribution in [0.3, 0.4) is 0 Å². The van der Waals surface area contributed by atoms with Gasteiger partial charge in [0.25, 0.3) is 5.56 Å². The van der Waals surface area contributed by atoms with E-state index in [2.05, 4.69) is 39.9 Å². The fraction of sp³-hybridized carbons (Fsp3) is 0.407. The van der Waals surface area contributed by atoms with Crippen molar-refractivity contribution in [2.75, 3.05) is 18.4 Å². The van der Waals surface area contributed by atoms with Crippen molar-refractivity contribution in [1.82, 2.24) is 24.8 Å². The number of piperidine rings is 1. The van der Waals surface area contributed by atoms with Crippen molar-refractivity contribution in [3.63, 3.8) is 0 Å². The lowest BCUT2D eigenvalue weighted by atomic mass is 9.90. The average Bonchev–Trinajstić information content (AvgIpc) is 3.60. The summed E-state index contributed by atoms with van der Waals surface area (Å²) in [5.74, 6) is 1.15. The third kappa shape index (κ3) is 4.36. The maximum absolute atomic E-state index is 13.7. The van der Waals surface area contributed by atoms with Gasteiger partial charge in [-0.25, -0.2) is 9.97 Å². The topological polar surface area (TPSA) is 84.7 Å². The van der Waals surface area contributed by atoms with Gasteiger partial charge >= 0.3 is 0 Å². The number of rotatable bonds is 5. The standard InChI is InChI=1S/C27H30N6OS/c1-17-22-16-23(25-29-14-15-35-25)26(34)33(21-4-2-3-5-21)24(22)32-27(30-17)31-20-8-6-18(7-9-20)19-10-12-28-13-11-19/h6-9,14-16,19,21,28H,2-5,10-13H2,1H3,(H,30,31,32). The highest BCUT2D eigenvalue weighted by Crippen LogP contribution is 2.33. The monoisotopic (exact) mass is 486 g/mol. The second kappa shape index (κ2) is 9.51. The van der Waals surface area contributed by atoms with Crippen molar-refractivity contribution >= 4 is 34.0 Å². The van der Waals surface area contributed by atoms with Gasteiger partial charge in [-0.3, -0.25) is 9.36 Å². The zero-order chi connectivity index (χ0) is 23.8. The summed E-state index contributed by atoms with van der Waals surface area (Å²) in [5, 5.41) is 10.4. The first-order chi connectivity index (χ1) is 17.2. The first-order valence-corrected chi connectivity index (χ1v) is 13.5. The van der Waals surface area contributed by atoms with Crippen molar-refractivity contribution in [2.45, 2.75) is 57.4 Å². The maximum atomic E-state index is 13.7. The molecule has 2 fully saturated rings. The number of fused-ring (bicyclic) bond motifs is 1. The molecule has 7 nitrogen and oxygen atoms in total. The zero-order valence-electron chi connectivity index (χ0n) is 20.0. The minimum absolute atomic E-state index is 0.00488. The van der Waals surface area contributed by atoms with Crippen molar-refractivity contribution in [3.8, 4) is 10.6 Å². The second-order valence-electron chi connectivity index (χ2n) is 9.65. The number of nitrogens with zero attached hydrogens (tertiary/aromatic N) is 4. The van der Waals surface area contributed by atoms with Gasteiger partial charge in [0.2, 0.25) is 5.95 Å². The Bertz CT molecular complexity index is 1380. The summed E-state index contributed by atoms with van der Waals surface area (Å²) >= 11 is 1.49. The Morgan fingerprint density at radius 3 is 2.54 bits per heavy atom. The molecule has 3 aromatic heterocycles. The van der Waals surface area contributed by atoms with Crippen molar-refractivity contribution < 1.29 is 0 Å². The van der Waals surface area contributed by atoms with Gasteiger partial charge in [0.05, 0.1) is 11.3 Å². The van der Waals surface area contributed by atoms with E-state index in [1.165, 1.54) is 29.7 Å². The number of aryl methyl sites for hydroxylation is 1. The number of hydrogen-bond donors (Lipinski definition) is 2. The van der Waals surface area contributed by atoms with Crippen LogP contribution in [0.4, 0.5) is 11.6 Å². The molecule has 4 aromatic rings. The molecule has 0 radical (unpaired) electrons. The smallest absolute Gasteiger partial charge is 0.262 e. The molecular weight excluding hydrogens is 456 g/mol. The van der Waals surface area contributed by atoms with Gasteiger partial charge in [0.15, 0.2) is 0 Å². The zero-order valence-corrected chi connectivity index (χ0v) is 20.8. The van der Waals surface area contributed by atoms with Crippen LogP contribution in [0.25, 0.3) is 21.6 Å². The lowest BCUT2D eigenvalue weighted by Gasteiger charge is -2.23. The predicted octanol–water partition coefficient (Wildman–Crippen LogP) is 5.55. The molecule has 0 bridgehead atoms. The number of benzene rings is 1. The predicted molar refractivity (Wildman–Crippen MR) is 142 cm³/mol. The van der Waals surface area contributed by atoms with Crippen molar-refractivity contribution in [1.29, 1.82) is 0 Å². The van der Waals surface area contributed by atoms with E-state index in [-0.39, 0.29) is 11.6 Å². The molecule has 0 spiro atoms. The minimum atomic E-state index is -0.00488. The van der Waals surface area contributed by atoms with E-state index in [1.807, 2.05) is 22.9 Å². The Morgan fingerprint density at radius 2 is 1.83 bits per heavy atom. The van der Waals surface area contributed by atoms with Crippen LogP contribution in [-0.4, -0.2) is 32.6 Å². The van der Waals surface area contributed by atoms with Gasteiger partial charge in [-0.05, 0) is 75.4 Å². The molecule has 0 amide bonds. The largest absolute Gasteiger partial charge is 0.324 e. The average molecular weight is 487 g/mol. The van der Waals surface area contributed by atoms with Crippen LogP contribution in [0.5, 0.6) is 0 Å². The molecule has 2 aliphatic rings. The third-order valence-corrected chi connectivity index (χ3v) is 8.22. The molecule has 1 saturated heterocycles. The van der Waals surface area contributed by atoms with Crippen molar-refractivity contribution in [3.05, 3.63) is 63.5 Å². The summed E-state index contributed by atoms with van der Waals surface area (Å²) in [4.78, 5) is 27.7. The molecule has 1 aliphatic carbocycles. The Morgan fingerprint density at radius 1 is 1.06 bits per heavy atom. The SMILES string of the molecule is Cc1nc(Nc2ccc(C3CCNCC3)cc2)nc2c1cc(-c1nccs1)c(=O)n2C1CCCC1. The number of hydrogen-bond acceptors (Lipinski definition) is 7. The highest BCUT2D eigenvalue weighted by atomic mass is 32.1. The molecule has 35 heavy (non-hydrogen) atoms. The van der Waals surface area contributed by atoms with Gasteiger partial charge < -0.3 is 10.6 Å². The Balaban J connectivity index is 1.39. The molecule has 2 N–H and O–H groups in total. The Kier molecular flexibility index (Phi) is 6.08. The van der Waals surface area contributed by atoms with Gasteiger partial charge in [0.1, 0.15) is 10.7 Å². The molecule has 8 heteroatoms. The van der Waals surface area contributed by atoms with Crippen LogP contribution in [0, 0.1) is 6.92 Å². The second-order valence-corrected chi connectivity index (χ2v) is 10.5. The highest BCUT2D eigenvalue weighted by molar-refractivity contribution is 7.13. The quantitative estimate of drug-likeness (QED) is 0.385. The molecular formula is C27H30N6OS. The van der Waals surface area contributed by atoms with Crippen LogP contribution in [0.15, 0.2) is 46.7 Å². The number of thiazole rings is 1. The van der Waals surface area contributed by atoms with Gasteiger partial charge in [-0.1, -0.05) is 25.0 Å². The molecule has 6 rings (SSSR count). The highest BCUT2D eigenvalue weighted by Gasteiger charge is 2.24. The first kappa shape index (κ1) is 22.4. The number of nitrogens with one attached hydrogen (secondary N) is 2. The van der Waals surface area contributed by atoms with E-state index < -0.39 is 0 Å². The van der Waals surface area contributed by atoms with E-state index in [0.29, 0.717) is 23.1 Å². The van der Waals surface area contributed by atoms with Gasteiger partial charge in [-0.2, -0.15) is 4.98 Å². The van der Waals surface area contributed by atoms with E-state index in [9.17, 15) is 4.79 Å². The Labute approximate surface area is 208 Å². The van der Waals surface area contributed by atoms with Crippen LogP contribution in [-0.2, 0) is 0 Å². The molecule has 4 heterocycles. The number of aromatic nitrogens is 4. The maximum Gasteiger partial charge on any atom is 0.262 e. The Hall–Kier alpha value is -3.10. The number of pyridine rings is 1. The lowest BCUT2D eigenvalue weighted by molar-refractivity contribution is 0.460. The normalized spacial score (nSPS) is 17.3. The molecule has 0 atom stereocenters. The summed E-state index contributed by atoms with van der Waals surface area (Å²) in [5.41, 5.74) is 4.54. The minimum Gasteiger partial charge on any atom is -0.324 e. The summed E-state index contributed by atoms with van der Waals surface area (Å²) in [6.07, 6.45) is 8.39. The fourth-order valence-corrected chi connectivity index (χ4v) is 6.19. The van der Waals surface area contributed by atoms with Gasteiger partial charge in [-0.15, -0.1) is 11.3 Å². The van der Waals surface area contributed by atoms with E-state index in [0.717, 1.165) is 60.5 Å². The van der Waals surface area contributed by atoms with Crippen LogP contribution < -0.4 is 16.2 Å². The molecule has 1 aliphatic heterocycles. The van der Waals surface area contributed by atoms with E-state index >= 15 is 0 Å². The van der Waals surface area contributed by atoms with Crippen molar-refractivity contribution in [2.24, 2.45) is 0 Å². The number of anilines is 2. The van der Waals surface area contributed by atoms with Crippen LogP contribution in [0.1, 0.15) is 61.7 Å². The molecule has 1 saturated carbocycles. The van der Waals surface area contributed by atoms with Crippen LogP contribution in [0.2, 0.25) is 0 Å². The third-order valence-electron chi connectivity index (χ3n) is 7.41. The summed E-state index contributed by atoms with van der Waals surface area (Å²) in [6.45, 7) is 4.16. The van der Waals surface area contributed by atoms with Gasteiger partial charge in [0, 0.05) is 28.7 Å².